The molecule has 2 aromatic rings. The van der Waals surface area contributed by atoms with Gasteiger partial charge in [-0.3, -0.25) is 9.59 Å². The number of rotatable bonds is 7. The van der Waals surface area contributed by atoms with Crippen LogP contribution in [0.5, 0.6) is 5.75 Å². The maximum Gasteiger partial charge on any atom is 0.257 e. The van der Waals surface area contributed by atoms with Crippen molar-refractivity contribution in [3.8, 4) is 5.75 Å². The molecule has 0 radical (unpaired) electrons. The fraction of sp³-hybridized carbons (Fsp3) is 0.440. The van der Waals surface area contributed by atoms with E-state index in [1.165, 1.54) is 11.1 Å². The van der Waals surface area contributed by atoms with E-state index in [9.17, 15) is 9.59 Å². The normalized spacial score (nSPS) is 15.6. The second kappa shape index (κ2) is 9.79. The zero-order valence-electron chi connectivity index (χ0n) is 18.4. The van der Waals surface area contributed by atoms with Crippen molar-refractivity contribution in [3.05, 3.63) is 64.7 Å². The van der Waals surface area contributed by atoms with Gasteiger partial charge in [-0.25, -0.2) is 0 Å². The molecule has 30 heavy (non-hydrogen) atoms. The Kier molecular flexibility index (Phi) is 7.14. The summed E-state index contributed by atoms with van der Waals surface area (Å²) < 4.78 is 5.78. The van der Waals surface area contributed by atoms with Crippen LogP contribution in [0, 0.1) is 12.8 Å². The number of hydrogen-bond acceptors (Lipinski definition) is 3. The molecule has 0 saturated heterocycles. The lowest BCUT2D eigenvalue weighted by Crippen LogP contribution is -2.40. The monoisotopic (exact) mass is 408 g/mol. The Morgan fingerprint density at radius 3 is 2.57 bits per heavy atom. The Hall–Kier alpha value is -2.82. The lowest BCUT2D eigenvalue weighted by atomic mass is 9.87. The summed E-state index contributed by atoms with van der Waals surface area (Å²) in [6.07, 6.45) is 1.29. The van der Waals surface area contributed by atoms with Crippen LogP contribution in [-0.4, -0.2) is 36.4 Å². The Morgan fingerprint density at radius 1 is 1.17 bits per heavy atom. The van der Waals surface area contributed by atoms with Gasteiger partial charge in [0.25, 0.3) is 5.91 Å². The van der Waals surface area contributed by atoms with Crippen molar-refractivity contribution in [1.29, 1.82) is 0 Å². The highest BCUT2D eigenvalue weighted by molar-refractivity contribution is 5.78. The van der Waals surface area contributed by atoms with Gasteiger partial charge >= 0.3 is 0 Å². The number of benzene rings is 2. The first-order valence-corrected chi connectivity index (χ1v) is 10.8. The average molecular weight is 409 g/mol. The van der Waals surface area contributed by atoms with E-state index in [1.54, 1.807) is 0 Å². The van der Waals surface area contributed by atoms with Crippen LogP contribution < -0.4 is 10.1 Å². The van der Waals surface area contributed by atoms with Crippen molar-refractivity contribution in [1.82, 2.24) is 10.2 Å². The Bertz CT molecular complexity index is 890. The maximum atomic E-state index is 12.7. The number of hydrogen-bond donors (Lipinski definition) is 1. The predicted octanol–water partition coefficient (Wildman–Crippen LogP) is 4.03. The number of carbonyl (C=O) groups excluding carboxylic acids is 2. The van der Waals surface area contributed by atoms with Gasteiger partial charge in [0.05, 0.1) is 6.04 Å². The topological polar surface area (TPSA) is 58.6 Å². The first kappa shape index (κ1) is 21.9. The van der Waals surface area contributed by atoms with E-state index in [2.05, 4.69) is 56.4 Å². The molecule has 0 fully saturated rings. The maximum absolute atomic E-state index is 12.7. The molecule has 2 aromatic carbocycles. The standard InChI is InChI=1S/C25H32N2O3/c1-5-24(29)27-13-12-19-10-11-21(30-16-23(28)26-15-17(2)3)14-22(19)25(27)20-8-6-18(4)7-9-20/h6-11,14,17,25H,5,12-13,15-16H2,1-4H3,(H,26,28). The van der Waals surface area contributed by atoms with Crippen molar-refractivity contribution in [3.63, 3.8) is 0 Å². The van der Waals surface area contributed by atoms with E-state index in [0.717, 1.165) is 17.5 Å². The van der Waals surface area contributed by atoms with Crippen LogP contribution in [0.25, 0.3) is 0 Å². The van der Waals surface area contributed by atoms with E-state index in [1.807, 2.05) is 24.0 Å². The minimum atomic E-state index is -0.139. The summed E-state index contributed by atoms with van der Waals surface area (Å²) in [6, 6.07) is 14.2. The van der Waals surface area contributed by atoms with Gasteiger partial charge in [-0.1, -0.05) is 56.7 Å². The highest BCUT2D eigenvalue weighted by atomic mass is 16.5. The van der Waals surface area contributed by atoms with Crippen LogP contribution in [0.2, 0.25) is 0 Å². The number of ether oxygens (including phenoxy) is 1. The molecule has 5 nitrogen and oxygen atoms in total. The molecule has 0 aromatic heterocycles. The van der Waals surface area contributed by atoms with E-state index in [0.29, 0.717) is 31.2 Å². The lowest BCUT2D eigenvalue weighted by molar-refractivity contribution is -0.133. The van der Waals surface area contributed by atoms with Crippen LogP contribution in [0.15, 0.2) is 42.5 Å². The summed E-state index contributed by atoms with van der Waals surface area (Å²) in [6.45, 7) is 9.39. The molecular formula is C25H32N2O3. The summed E-state index contributed by atoms with van der Waals surface area (Å²) in [4.78, 5) is 26.7. The molecule has 2 amide bonds. The molecule has 0 aliphatic carbocycles. The first-order valence-electron chi connectivity index (χ1n) is 10.8. The number of aryl methyl sites for hydroxylation is 1. The molecule has 5 heteroatoms. The summed E-state index contributed by atoms with van der Waals surface area (Å²) in [7, 11) is 0. The lowest BCUT2D eigenvalue weighted by Gasteiger charge is -2.38. The van der Waals surface area contributed by atoms with Crippen molar-refractivity contribution in [2.45, 2.75) is 46.6 Å². The van der Waals surface area contributed by atoms with Gasteiger partial charge in [-0.05, 0) is 48.1 Å². The largest absolute Gasteiger partial charge is 0.484 e. The van der Waals surface area contributed by atoms with E-state index >= 15 is 0 Å². The third-order valence-corrected chi connectivity index (χ3v) is 5.44. The van der Waals surface area contributed by atoms with Crippen LogP contribution in [0.1, 0.15) is 55.5 Å². The van der Waals surface area contributed by atoms with Crippen LogP contribution >= 0.6 is 0 Å². The minimum Gasteiger partial charge on any atom is -0.484 e. The number of nitrogens with zero attached hydrogens (tertiary/aromatic N) is 1. The minimum absolute atomic E-state index is 0.0156. The first-order chi connectivity index (χ1) is 14.4. The summed E-state index contributed by atoms with van der Waals surface area (Å²) in [5, 5.41) is 2.87. The third kappa shape index (κ3) is 5.21. The fourth-order valence-electron chi connectivity index (χ4n) is 3.78. The highest BCUT2D eigenvalue weighted by Gasteiger charge is 2.31. The van der Waals surface area contributed by atoms with Crippen molar-refractivity contribution >= 4 is 11.8 Å². The average Bonchev–Trinajstić information content (AvgIpc) is 2.75. The molecule has 1 unspecified atom stereocenters. The number of carbonyl (C=O) groups is 2. The van der Waals surface area contributed by atoms with Gasteiger partial charge in [0.2, 0.25) is 5.91 Å². The molecule has 1 atom stereocenters. The molecule has 160 valence electrons. The van der Waals surface area contributed by atoms with Gasteiger partial charge in [-0.15, -0.1) is 0 Å². The summed E-state index contributed by atoms with van der Waals surface area (Å²) in [5.41, 5.74) is 4.58. The SMILES string of the molecule is CCC(=O)N1CCc2ccc(OCC(=O)NCC(C)C)cc2C1c1ccc(C)cc1. The predicted molar refractivity (Wildman–Crippen MR) is 119 cm³/mol. The Balaban J connectivity index is 1.86. The van der Waals surface area contributed by atoms with Crippen molar-refractivity contribution in [2.75, 3.05) is 19.7 Å². The van der Waals surface area contributed by atoms with Gasteiger partial charge in [0, 0.05) is 19.5 Å². The van der Waals surface area contributed by atoms with Crippen molar-refractivity contribution < 1.29 is 14.3 Å². The zero-order valence-corrected chi connectivity index (χ0v) is 18.4. The summed E-state index contributed by atoms with van der Waals surface area (Å²) >= 11 is 0. The fourth-order valence-corrected chi connectivity index (χ4v) is 3.78. The van der Waals surface area contributed by atoms with Gasteiger partial charge in [0.1, 0.15) is 5.75 Å². The molecule has 1 aliphatic rings. The Labute approximate surface area is 179 Å². The molecule has 3 rings (SSSR count). The van der Waals surface area contributed by atoms with Crippen LogP contribution in [0.4, 0.5) is 0 Å². The molecular weight excluding hydrogens is 376 g/mol. The van der Waals surface area contributed by atoms with E-state index in [4.69, 9.17) is 4.74 Å². The second-order valence-electron chi connectivity index (χ2n) is 8.35. The van der Waals surface area contributed by atoms with E-state index in [-0.39, 0.29) is 24.5 Å². The molecule has 1 N–H and O–H groups in total. The molecule has 1 heterocycles. The molecule has 1 aliphatic heterocycles. The number of amides is 2. The zero-order chi connectivity index (χ0) is 21.7. The molecule has 0 saturated carbocycles. The van der Waals surface area contributed by atoms with Gasteiger partial charge < -0.3 is 15.0 Å². The highest BCUT2D eigenvalue weighted by Crippen LogP contribution is 2.37. The second-order valence-corrected chi connectivity index (χ2v) is 8.35. The van der Waals surface area contributed by atoms with Gasteiger partial charge in [0.15, 0.2) is 6.61 Å². The number of nitrogens with one attached hydrogen (secondary N) is 1. The summed E-state index contributed by atoms with van der Waals surface area (Å²) in [5.74, 6) is 1.07. The molecule has 0 spiro atoms. The Morgan fingerprint density at radius 2 is 1.90 bits per heavy atom. The van der Waals surface area contributed by atoms with Gasteiger partial charge in [-0.2, -0.15) is 0 Å². The van der Waals surface area contributed by atoms with E-state index < -0.39 is 0 Å². The van der Waals surface area contributed by atoms with Crippen LogP contribution in [-0.2, 0) is 16.0 Å². The number of fused-ring (bicyclic) bond motifs is 1. The quantitative estimate of drug-likeness (QED) is 0.752. The third-order valence-electron chi connectivity index (χ3n) is 5.44. The smallest absolute Gasteiger partial charge is 0.257 e. The molecule has 0 bridgehead atoms. The van der Waals surface area contributed by atoms with Crippen molar-refractivity contribution in [2.24, 2.45) is 5.92 Å². The van der Waals surface area contributed by atoms with Crippen LogP contribution in [0.3, 0.4) is 0 Å².